The Hall–Kier alpha value is -1.22. The molecule has 0 aliphatic carbocycles. The van der Waals surface area contributed by atoms with Gasteiger partial charge in [0.05, 0.1) is 13.7 Å². The summed E-state index contributed by atoms with van der Waals surface area (Å²) in [5.41, 5.74) is 0.603. The fourth-order valence-corrected chi connectivity index (χ4v) is 1.19. The van der Waals surface area contributed by atoms with Crippen LogP contribution in [-0.4, -0.2) is 19.6 Å². The minimum atomic E-state index is -0.128. The van der Waals surface area contributed by atoms with E-state index in [2.05, 4.69) is 15.2 Å². The van der Waals surface area contributed by atoms with E-state index in [1.807, 2.05) is 22.6 Å². The summed E-state index contributed by atoms with van der Waals surface area (Å²) < 4.78 is 7.67. The molecular weight excluding hydrogens is 305 g/mol. The summed E-state index contributed by atoms with van der Waals surface area (Å²) in [5.74, 6) is 3.36. The Kier molecular flexibility index (Phi) is 4.98. The van der Waals surface area contributed by atoms with Gasteiger partial charge in [-0.05, 0) is 28.2 Å². The Morgan fingerprint density at radius 1 is 1.47 bits per heavy atom. The standard InChI is InChI=1S/C11H10INO2/c1-15-10-5-3-9(4-6-10)11(14)13-8-2-7-12/h3-6H,8H2,1H3,(H,13,14). The van der Waals surface area contributed by atoms with Crippen molar-refractivity contribution >= 4 is 28.5 Å². The molecule has 0 saturated heterocycles. The summed E-state index contributed by atoms with van der Waals surface area (Å²) in [6.07, 6.45) is 0. The molecule has 0 aliphatic rings. The minimum Gasteiger partial charge on any atom is -0.497 e. The quantitative estimate of drug-likeness (QED) is 0.683. The first-order valence-electron chi connectivity index (χ1n) is 4.28. The highest BCUT2D eigenvalue weighted by molar-refractivity contribution is 14.1. The second kappa shape index (κ2) is 6.30. The second-order valence-corrected chi connectivity index (χ2v) is 3.22. The molecule has 3 nitrogen and oxygen atoms in total. The molecule has 0 heterocycles. The van der Waals surface area contributed by atoms with Crippen LogP contribution in [0.1, 0.15) is 10.4 Å². The average Bonchev–Trinajstić information content (AvgIpc) is 2.29. The van der Waals surface area contributed by atoms with Crippen LogP contribution in [0.2, 0.25) is 0 Å². The molecule has 0 radical (unpaired) electrons. The van der Waals surface area contributed by atoms with Crippen LogP contribution in [0.4, 0.5) is 0 Å². The van der Waals surface area contributed by atoms with Crippen LogP contribution in [0.25, 0.3) is 0 Å². The van der Waals surface area contributed by atoms with E-state index in [9.17, 15) is 4.79 Å². The molecule has 1 rings (SSSR count). The lowest BCUT2D eigenvalue weighted by molar-refractivity contribution is 0.0958. The second-order valence-electron chi connectivity index (χ2n) is 2.68. The zero-order chi connectivity index (χ0) is 11.1. The number of benzene rings is 1. The van der Waals surface area contributed by atoms with Gasteiger partial charge in [-0.25, -0.2) is 0 Å². The Bertz CT molecular complexity index is 389. The SMILES string of the molecule is COc1ccc(C(=O)NCC#CI)cc1. The van der Waals surface area contributed by atoms with Gasteiger partial charge in [-0.1, -0.05) is 5.92 Å². The van der Waals surface area contributed by atoms with Crippen molar-refractivity contribution < 1.29 is 9.53 Å². The lowest BCUT2D eigenvalue weighted by Crippen LogP contribution is -2.23. The summed E-state index contributed by atoms with van der Waals surface area (Å²) >= 11 is 1.93. The maximum Gasteiger partial charge on any atom is 0.252 e. The fourth-order valence-electron chi connectivity index (χ4n) is 1.00. The number of carbonyl (C=O) groups excluding carboxylic acids is 1. The highest BCUT2D eigenvalue weighted by atomic mass is 127. The first kappa shape index (κ1) is 11.9. The lowest BCUT2D eigenvalue weighted by Gasteiger charge is -2.02. The minimum absolute atomic E-state index is 0.128. The molecule has 1 aromatic carbocycles. The van der Waals surface area contributed by atoms with Gasteiger partial charge in [0.15, 0.2) is 0 Å². The lowest BCUT2D eigenvalue weighted by atomic mass is 10.2. The number of halogens is 1. The fraction of sp³-hybridized carbons (Fsp3) is 0.182. The Morgan fingerprint density at radius 3 is 2.67 bits per heavy atom. The number of ether oxygens (including phenoxy) is 1. The van der Waals surface area contributed by atoms with E-state index in [0.717, 1.165) is 5.75 Å². The number of methoxy groups -OCH3 is 1. The topological polar surface area (TPSA) is 38.3 Å². The van der Waals surface area contributed by atoms with Crippen LogP contribution >= 0.6 is 22.6 Å². The van der Waals surface area contributed by atoms with Crippen molar-refractivity contribution in [2.45, 2.75) is 0 Å². The number of hydrogen-bond donors (Lipinski definition) is 1. The van der Waals surface area contributed by atoms with E-state index in [0.29, 0.717) is 12.1 Å². The van der Waals surface area contributed by atoms with Crippen molar-refractivity contribution in [3.05, 3.63) is 29.8 Å². The van der Waals surface area contributed by atoms with E-state index in [1.54, 1.807) is 31.4 Å². The molecule has 1 amide bonds. The summed E-state index contributed by atoms with van der Waals surface area (Å²) in [6, 6.07) is 6.93. The molecule has 0 unspecified atom stereocenters. The van der Waals surface area contributed by atoms with Gasteiger partial charge >= 0.3 is 0 Å². The van der Waals surface area contributed by atoms with Gasteiger partial charge in [0.25, 0.3) is 5.91 Å². The van der Waals surface area contributed by atoms with Gasteiger partial charge in [-0.15, -0.1) is 0 Å². The van der Waals surface area contributed by atoms with E-state index >= 15 is 0 Å². The number of nitrogens with one attached hydrogen (secondary N) is 1. The molecule has 0 atom stereocenters. The third-order valence-electron chi connectivity index (χ3n) is 1.76. The van der Waals surface area contributed by atoms with E-state index in [-0.39, 0.29) is 5.91 Å². The largest absolute Gasteiger partial charge is 0.497 e. The molecule has 0 fully saturated rings. The van der Waals surface area contributed by atoms with Gasteiger partial charge in [-0.3, -0.25) is 4.79 Å². The van der Waals surface area contributed by atoms with Crippen LogP contribution in [0.5, 0.6) is 5.75 Å². The van der Waals surface area contributed by atoms with Crippen LogP contribution < -0.4 is 10.1 Å². The summed E-state index contributed by atoms with van der Waals surface area (Å²) in [7, 11) is 1.59. The zero-order valence-electron chi connectivity index (χ0n) is 8.21. The van der Waals surface area contributed by atoms with Crippen molar-refractivity contribution in [1.82, 2.24) is 5.32 Å². The normalized spacial score (nSPS) is 8.67. The van der Waals surface area contributed by atoms with Gasteiger partial charge < -0.3 is 10.1 Å². The Balaban J connectivity index is 2.60. The predicted octanol–water partition coefficient (Wildman–Crippen LogP) is 1.82. The molecule has 1 N–H and O–H groups in total. The number of rotatable bonds is 3. The van der Waals surface area contributed by atoms with Gasteiger partial charge in [-0.2, -0.15) is 0 Å². The van der Waals surface area contributed by atoms with Crippen molar-refractivity contribution in [2.75, 3.05) is 13.7 Å². The van der Waals surface area contributed by atoms with E-state index in [1.165, 1.54) is 0 Å². The van der Waals surface area contributed by atoms with Crippen LogP contribution in [0.3, 0.4) is 0 Å². The highest BCUT2D eigenvalue weighted by Crippen LogP contribution is 2.10. The van der Waals surface area contributed by atoms with Gasteiger partial charge in [0, 0.05) is 28.2 Å². The summed E-state index contributed by atoms with van der Waals surface area (Å²) in [4.78, 5) is 11.5. The maximum absolute atomic E-state index is 11.5. The first-order valence-corrected chi connectivity index (χ1v) is 5.36. The van der Waals surface area contributed by atoms with Crippen LogP contribution in [-0.2, 0) is 0 Å². The monoisotopic (exact) mass is 315 g/mol. The average molecular weight is 315 g/mol. The molecule has 0 saturated carbocycles. The van der Waals surface area contributed by atoms with Crippen LogP contribution in [0.15, 0.2) is 24.3 Å². The summed E-state index contributed by atoms with van der Waals surface area (Å²) in [5, 5.41) is 2.68. The summed E-state index contributed by atoms with van der Waals surface area (Å²) in [6.45, 7) is 0.369. The Labute approximate surface area is 102 Å². The third-order valence-corrected chi connectivity index (χ3v) is 2.14. The van der Waals surface area contributed by atoms with Gasteiger partial charge in [0.1, 0.15) is 5.75 Å². The first-order chi connectivity index (χ1) is 7.27. The van der Waals surface area contributed by atoms with E-state index < -0.39 is 0 Å². The van der Waals surface area contributed by atoms with Crippen LogP contribution in [0, 0.1) is 9.85 Å². The predicted molar refractivity (Wildman–Crippen MR) is 67.1 cm³/mol. The zero-order valence-corrected chi connectivity index (χ0v) is 10.4. The smallest absolute Gasteiger partial charge is 0.252 e. The molecular formula is C11H10INO2. The van der Waals surface area contributed by atoms with E-state index in [4.69, 9.17) is 4.74 Å². The molecule has 0 aromatic heterocycles. The number of hydrogen-bond acceptors (Lipinski definition) is 2. The Morgan fingerprint density at radius 2 is 2.13 bits per heavy atom. The molecule has 0 bridgehead atoms. The molecule has 0 spiro atoms. The van der Waals surface area contributed by atoms with Crippen molar-refractivity contribution in [3.63, 3.8) is 0 Å². The molecule has 1 aromatic rings. The highest BCUT2D eigenvalue weighted by Gasteiger charge is 2.03. The maximum atomic E-state index is 11.5. The van der Waals surface area contributed by atoms with Crippen molar-refractivity contribution in [3.8, 4) is 15.6 Å². The van der Waals surface area contributed by atoms with Gasteiger partial charge in [0.2, 0.25) is 0 Å². The number of amides is 1. The third kappa shape index (κ3) is 3.80. The van der Waals surface area contributed by atoms with Crippen molar-refractivity contribution in [1.29, 1.82) is 0 Å². The number of carbonyl (C=O) groups is 1. The molecule has 78 valence electrons. The van der Waals surface area contributed by atoms with Crippen molar-refractivity contribution in [2.24, 2.45) is 0 Å². The molecule has 15 heavy (non-hydrogen) atoms. The molecule has 0 aliphatic heterocycles. The molecule has 4 heteroatoms.